The van der Waals surface area contributed by atoms with E-state index in [1.807, 2.05) is 6.07 Å². The van der Waals surface area contributed by atoms with E-state index in [2.05, 4.69) is 29.2 Å². The van der Waals surface area contributed by atoms with E-state index >= 15 is 0 Å². The summed E-state index contributed by atoms with van der Waals surface area (Å²) in [5.41, 5.74) is 1.27. The molecule has 1 fully saturated rings. The average Bonchev–Trinajstić information content (AvgIpc) is 2.62. The number of rotatable bonds is 6. The van der Waals surface area contributed by atoms with Gasteiger partial charge >= 0.3 is 0 Å². The normalized spacial score (nSPS) is 16.7. The van der Waals surface area contributed by atoms with Crippen molar-refractivity contribution >= 4 is 28.9 Å². The van der Waals surface area contributed by atoms with Gasteiger partial charge in [0, 0.05) is 10.7 Å². The van der Waals surface area contributed by atoms with Crippen molar-refractivity contribution in [3.63, 3.8) is 0 Å². The molecule has 0 amide bonds. The summed E-state index contributed by atoms with van der Waals surface area (Å²) in [7, 11) is 0. The van der Waals surface area contributed by atoms with Crippen LogP contribution in [0.15, 0.2) is 48.5 Å². The Bertz CT molecular complexity index is 676. The van der Waals surface area contributed by atoms with E-state index in [-0.39, 0.29) is 6.61 Å². The van der Waals surface area contributed by atoms with Crippen molar-refractivity contribution in [2.75, 3.05) is 44.2 Å². The monoisotopic (exact) mass is 381 g/mol. The molecule has 0 aliphatic carbocycles. The zero-order valence-electron chi connectivity index (χ0n) is 14.0. The van der Waals surface area contributed by atoms with Crippen molar-refractivity contribution in [3.8, 4) is 5.75 Å². The summed E-state index contributed by atoms with van der Waals surface area (Å²) < 4.78 is 5.62. The van der Waals surface area contributed by atoms with Crippen molar-refractivity contribution in [2.24, 2.45) is 0 Å². The largest absolute Gasteiger partial charge is 0.489 e. The van der Waals surface area contributed by atoms with Crippen LogP contribution in [0.1, 0.15) is 0 Å². The quantitative estimate of drug-likeness (QED) is 0.804. The van der Waals surface area contributed by atoms with Gasteiger partial charge in [-0.1, -0.05) is 41.4 Å². The first-order valence-electron chi connectivity index (χ1n) is 8.51. The summed E-state index contributed by atoms with van der Waals surface area (Å²) >= 11 is 11.9. The Balaban J connectivity index is 1.42. The third-order valence-corrected chi connectivity index (χ3v) is 4.97. The molecule has 1 aliphatic rings. The number of quaternary nitrogens is 1. The van der Waals surface area contributed by atoms with Gasteiger partial charge in [0.1, 0.15) is 25.0 Å². The number of anilines is 1. The number of aliphatic hydroxyl groups excluding tert-OH is 1. The molecule has 1 atom stereocenters. The second-order valence-electron chi connectivity index (χ2n) is 6.32. The molecule has 0 radical (unpaired) electrons. The zero-order chi connectivity index (χ0) is 17.6. The first kappa shape index (κ1) is 18.3. The molecule has 2 aromatic carbocycles. The van der Waals surface area contributed by atoms with Gasteiger partial charge in [-0.2, -0.15) is 0 Å². The standard InChI is InChI=1S/C19H22Cl2N2O2/c20-15-6-7-19(18(21)12-15)25-14-17(24)13-22-8-10-23(11-9-22)16-4-2-1-3-5-16/h1-7,12,17,24H,8-11,13-14H2/p+1/t17-/m0/s1. The third-order valence-electron chi connectivity index (χ3n) is 4.44. The maximum Gasteiger partial charge on any atom is 0.138 e. The van der Waals surface area contributed by atoms with Crippen LogP contribution in [-0.4, -0.2) is 50.5 Å². The molecule has 2 aromatic rings. The van der Waals surface area contributed by atoms with Crippen molar-refractivity contribution in [1.82, 2.24) is 0 Å². The van der Waals surface area contributed by atoms with Crippen molar-refractivity contribution in [2.45, 2.75) is 6.10 Å². The Morgan fingerprint density at radius 2 is 1.80 bits per heavy atom. The molecule has 6 heteroatoms. The Labute approximate surface area is 158 Å². The Morgan fingerprint density at radius 1 is 1.08 bits per heavy atom. The van der Waals surface area contributed by atoms with Crippen LogP contribution < -0.4 is 14.5 Å². The van der Waals surface area contributed by atoms with Crippen LogP contribution in [0.4, 0.5) is 5.69 Å². The van der Waals surface area contributed by atoms with Crippen LogP contribution in [-0.2, 0) is 0 Å². The number of aliphatic hydroxyl groups is 1. The Hall–Kier alpha value is -1.46. The SMILES string of the molecule is O[C@H](COc1ccc(Cl)cc1Cl)C[NH+]1CCN(c2ccccc2)CC1. The van der Waals surface area contributed by atoms with Crippen LogP contribution in [0.2, 0.25) is 10.0 Å². The van der Waals surface area contributed by atoms with Gasteiger partial charge in [0.05, 0.1) is 31.2 Å². The number of para-hydroxylation sites is 1. The molecule has 0 aromatic heterocycles. The molecule has 1 saturated heterocycles. The molecule has 2 N–H and O–H groups in total. The number of nitrogens with zero attached hydrogens (tertiary/aromatic N) is 1. The second kappa shape index (κ2) is 8.77. The smallest absolute Gasteiger partial charge is 0.138 e. The number of nitrogens with one attached hydrogen (secondary N) is 1. The van der Waals surface area contributed by atoms with E-state index in [1.165, 1.54) is 10.6 Å². The van der Waals surface area contributed by atoms with Gasteiger partial charge in [-0.25, -0.2) is 0 Å². The predicted molar refractivity (Wildman–Crippen MR) is 102 cm³/mol. The summed E-state index contributed by atoms with van der Waals surface area (Å²) in [6, 6.07) is 15.5. The van der Waals surface area contributed by atoms with Crippen LogP contribution in [0.3, 0.4) is 0 Å². The minimum Gasteiger partial charge on any atom is -0.489 e. The second-order valence-corrected chi connectivity index (χ2v) is 7.16. The number of piperazine rings is 1. The lowest BCUT2D eigenvalue weighted by molar-refractivity contribution is -0.903. The summed E-state index contributed by atoms with van der Waals surface area (Å²) in [5.74, 6) is 0.550. The van der Waals surface area contributed by atoms with Gasteiger partial charge in [-0.15, -0.1) is 0 Å². The summed E-state index contributed by atoms with van der Waals surface area (Å²) in [6.07, 6.45) is -0.523. The van der Waals surface area contributed by atoms with Gasteiger partial charge < -0.3 is 19.6 Å². The van der Waals surface area contributed by atoms with Crippen LogP contribution >= 0.6 is 23.2 Å². The topological polar surface area (TPSA) is 37.1 Å². The fourth-order valence-corrected chi connectivity index (χ4v) is 3.56. The molecule has 1 heterocycles. The van der Waals surface area contributed by atoms with E-state index < -0.39 is 6.10 Å². The van der Waals surface area contributed by atoms with Crippen molar-refractivity contribution in [3.05, 3.63) is 58.6 Å². The van der Waals surface area contributed by atoms with E-state index in [9.17, 15) is 5.11 Å². The fraction of sp³-hybridized carbons (Fsp3) is 0.368. The molecule has 0 saturated carbocycles. The highest BCUT2D eigenvalue weighted by Gasteiger charge is 2.22. The minimum absolute atomic E-state index is 0.229. The number of halogens is 2. The molecule has 25 heavy (non-hydrogen) atoms. The fourth-order valence-electron chi connectivity index (χ4n) is 3.09. The van der Waals surface area contributed by atoms with Gasteiger partial charge in [0.2, 0.25) is 0 Å². The molecular weight excluding hydrogens is 359 g/mol. The summed E-state index contributed by atoms with van der Waals surface area (Å²) in [6.45, 7) is 4.91. The van der Waals surface area contributed by atoms with Gasteiger partial charge in [0.25, 0.3) is 0 Å². The van der Waals surface area contributed by atoms with Gasteiger partial charge in [0.15, 0.2) is 0 Å². The lowest BCUT2D eigenvalue weighted by Gasteiger charge is -2.34. The Kier molecular flexibility index (Phi) is 6.43. The highest BCUT2D eigenvalue weighted by Crippen LogP contribution is 2.27. The molecule has 3 rings (SSSR count). The number of ether oxygens (including phenoxy) is 1. The lowest BCUT2D eigenvalue weighted by Crippen LogP contribution is -3.16. The van der Waals surface area contributed by atoms with Crippen molar-refractivity contribution < 1.29 is 14.7 Å². The van der Waals surface area contributed by atoms with E-state index in [4.69, 9.17) is 27.9 Å². The van der Waals surface area contributed by atoms with Crippen LogP contribution in [0.25, 0.3) is 0 Å². The first-order chi connectivity index (χ1) is 12.1. The molecular formula is C19H23Cl2N2O2+. The van der Waals surface area contributed by atoms with E-state index in [0.717, 1.165) is 26.2 Å². The van der Waals surface area contributed by atoms with E-state index in [0.29, 0.717) is 22.3 Å². The minimum atomic E-state index is -0.523. The predicted octanol–water partition coefficient (Wildman–Crippen LogP) is 2.14. The van der Waals surface area contributed by atoms with Gasteiger partial charge in [-0.05, 0) is 30.3 Å². The molecule has 0 spiro atoms. The van der Waals surface area contributed by atoms with Crippen molar-refractivity contribution in [1.29, 1.82) is 0 Å². The molecule has 0 bridgehead atoms. The zero-order valence-corrected chi connectivity index (χ0v) is 15.5. The molecule has 1 aliphatic heterocycles. The summed E-state index contributed by atoms with van der Waals surface area (Å²) in [5, 5.41) is 11.3. The number of benzene rings is 2. The van der Waals surface area contributed by atoms with Crippen LogP contribution in [0.5, 0.6) is 5.75 Å². The maximum absolute atomic E-state index is 10.3. The molecule has 134 valence electrons. The van der Waals surface area contributed by atoms with Gasteiger partial charge in [-0.3, -0.25) is 0 Å². The average molecular weight is 382 g/mol. The lowest BCUT2D eigenvalue weighted by atomic mass is 10.2. The van der Waals surface area contributed by atoms with Crippen LogP contribution in [0, 0.1) is 0 Å². The van der Waals surface area contributed by atoms with E-state index in [1.54, 1.807) is 18.2 Å². The maximum atomic E-state index is 10.3. The molecule has 4 nitrogen and oxygen atoms in total. The first-order valence-corrected chi connectivity index (χ1v) is 9.27. The third kappa shape index (κ3) is 5.25. The Morgan fingerprint density at radius 3 is 2.48 bits per heavy atom. The number of hydrogen-bond acceptors (Lipinski definition) is 3. The molecule has 0 unspecified atom stereocenters. The highest BCUT2D eigenvalue weighted by molar-refractivity contribution is 6.35. The summed E-state index contributed by atoms with van der Waals surface area (Å²) in [4.78, 5) is 3.78. The number of hydrogen-bond donors (Lipinski definition) is 2. The highest BCUT2D eigenvalue weighted by atomic mass is 35.5.